The molecule has 1 aromatic carbocycles. The molecule has 0 bridgehead atoms. The van der Waals surface area contributed by atoms with E-state index in [4.69, 9.17) is 4.74 Å². The number of nitrogens with one attached hydrogen (secondary N) is 1. The number of rotatable bonds is 5. The molecule has 0 aliphatic heterocycles. The number of hydrogen-bond donors (Lipinski definition) is 1. The summed E-state index contributed by atoms with van der Waals surface area (Å²) in [6, 6.07) is 9.07. The molecule has 0 saturated carbocycles. The third kappa shape index (κ3) is 4.08. The summed E-state index contributed by atoms with van der Waals surface area (Å²) in [6.45, 7) is -0.274. The van der Waals surface area contributed by atoms with Crippen LogP contribution in [0, 0.1) is 0 Å². The van der Waals surface area contributed by atoms with Gasteiger partial charge in [-0.05, 0) is 44.0 Å². The maximum atomic E-state index is 12.4. The van der Waals surface area contributed by atoms with E-state index < -0.39 is 5.97 Å². The van der Waals surface area contributed by atoms with Crippen molar-refractivity contribution >= 4 is 60.8 Å². The highest BCUT2D eigenvalue weighted by atomic mass is 79.9. The van der Waals surface area contributed by atoms with Gasteiger partial charge in [0.15, 0.2) is 12.4 Å². The van der Waals surface area contributed by atoms with Crippen molar-refractivity contribution in [2.75, 3.05) is 19.0 Å². The van der Waals surface area contributed by atoms with E-state index in [1.54, 1.807) is 12.1 Å². The van der Waals surface area contributed by atoms with Crippen LogP contribution in [0.4, 0.5) is 5.69 Å². The minimum absolute atomic E-state index is 0.274. The minimum Gasteiger partial charge on any atom is -0.479 e. The lowest BCUT2D eigenvalue weighted by atomic mass is 10.3. The van der Waals surface area contributed by atoms with E-state index in [1.807, 2.05) is 18.2 Å². The van der Waals surface area contributed by atoms with E-state index in [1.165, 1.54) is 18.4 Å². The number of amides is 1. The van der Waals surface area contributed by atoms with E-state index in [2.05, 4.69) is 41.9 Å². The number of para-hydroxylation sites is 1. The van der Waals surface area contributed by atoms with Crippen LogP contribution < -0.4 is 10.1 Å². The predicted octanol–water partition coefficient (Wildman–Crippen LogP) is 4.08. The van der Waals surface area contributed by atoms with Gasteiger partial charge in [0.1, 0.15) is 4.88 Å². The molecule has 0 aliphatic rings. The van der Waals surface area contributed by atoms with Gasteiger partial charge in [-0.25, -0.2) is 4.79 Å². The van der Waals surface area contributed by atoms with E-state index in [-0.39, 0.29) is 12.5 Å². The van der Waals surface area contributed by atoms with Crippen LogP contribution in [-0.2, 0) is 9.53 Å². The molecule has 116 valence electrons. The van der Waals surface area contributed by atoms with Crippen LogP contribution in [0.3, 0.4) is 0 Å². The van der Waals surface area contributed by atoms with Crippen molar-refractivity contribution in [3.05, 3.63) is 43.5 Å². The van der Waals surface area contributed by atoms with Gasteiger partial charge in [0.05, 0.1) is 15.4 Å². The zero-order valence-corrected chi connectivity index (χ0v) is 15.4. The molecule has 0 spiro atoms. The molecule has 0 saturated heterocycles. The van der Waals surface area contributed by atoms with Gasteiger partial charge in [0.25, 0.3) is 5.91 Å². The summed E-state index contributed by atoms with van der Waals surface area (Å²) < 4.78 is 11.2. The Kier molecular flexibility index (Phi) is 5.98. The normalized spacial score (nSPS) is 10.1. The van der Waals surface area contributed by atoms with Gasteiger partial charge >= 0.3 is 5.97 Å². The second kappa shape index (κ2) is 7.75. The molecule has 5 nitrogen and oxygen atoms in total. The Hall–Kier alpha value is -1.38. The van der Waals surface area contributed by atoms with Crippen molar-refractivity contribution in [2.45, 2.75) is 0 Å². The lowest BCUT2D eigenvalue weighted by Gasteiger charge is -2.08. The summed E-state index contributed by atoms with van der Waals surface area (Å²) in [4.78, 5) is 23.9. The second-order valence-corrected chi connectivity index (χ2v) is 7.16. The van der Waals surface area contributed by atoms with Crippen molar-refractivity contribution in [1.82, 2.24) is 0 Å². The van der Waals surface area contributed by atoms with Crippen LogP contribution >= 0.6 is 43.2 Å². The Balaban J connectivity index is 2.20. The molecule has 1 heterocycles. The molecule has 1 amide bonds. The molecule has 8 heteroatoms. The molecule has 1 aromatic heterocycles. The Labute approximate surface area is 147 Å². The van der Waals surface area contributed by atoms with Gasteiger partial charge in [-0.1, -0.05) is 18.2 Å². The first kappa shape index (κ1) is 17.0. The predicted molar refractivity (Wildman–Crippen MR) is 91.6 cm³/mol. The van der Waals surface area contributed by atoms with E-state index >= 15 is 0 Å². The summed E-state index contributed by atoms with van der Waals surface area (Å²) in [5.41, 5.74) is 0.673. The number of anilines is 1. The van der Waals surface area contributed by atoms with Crippen molar-refractivity contribution in [2.24, 2.45) is 0 Å². The van der Waals surface area contributed by atoms with Gasteiger partial charge in [0, 0.05) is 5.69 Å². The van der Waals surface area contributed by atoms with Crippen LogP contribution in [0.25, 0.3) is 0 Å². The standard InChI is InChI=1S/C14H11Br2NO4S/c1-20-9(18)7-21-11-10(15)13(16)22-12(11)14(19)17-8-5-3-2-4-6-8/h2-6H,7H2,1H3,(H,17,19). The average Bonchev–Trinajstić information content (AvgIpc) is 2.81. The molecule has 0 fully saturated rings. The number of esters is 1. The van der Waals surface area contributed by atoms with E-state index in [0.29, 0.717) is 24.6 Å². The van der Waals surface area contributed by atoms with E-state index in [0.717, 1.165) is 0 Å². The molecular formula is C14H11Br2NO4S. The zero-order valence-electron chi connectivity index (χ0n) is 11.4. The van der Waals surface area contributed by atoms with Crippen LogP contribution in [-0.4, -0.2) is 25.6 Å². The van der Waals surface area contributed by atoms with Crippen molar-refractivity contribution < 1.29 is 19.1 Å². The number of thiophene rings is 1. The SMILES string of the molecule is COC(=O)COc1c(C(=O)Nc2ccccc2)sc(Br)c1Br. The average molecular weight is 449 g/mol. The summed E-state index contributed by atoms with van der Waals surface area (Å²) in [7, 11) is 1.27. The van der Waals surface area contributed by atoms with Gasteiger partial charge in [-0.2, -0.15) is 0 Å². The summed E-state index contributed by atoms with van der Waals surface area (Å²) in [5, 5.41) is 2.77. The molecule has 22 heavy (non-hydrogen) atoms. The third-order valence-electron chi connectivity index (χ3n) is 2.57. The van der Waals surface area contributed by atoms with Gasteiger partial charge in [-0.3, -0.25) is 4.79 Å². The molecular weight excluding hydrogens is 438 g/mol. The Morgan fingerprint density at radius 2 is 1.91 bits per heavy atom. The maximum Gasteiger partial charge on any atom is 0.343 e. The van der Waals surface area contributed by atoms with Crippen molar-refractivity contribution in [1.29, 1.82) is 0 Å². The van der Waals surface area contributed by atoms with Crippen LogP contribution in [0.2, 0.25) is 0 Å². The Morgan fingerprint density at radius 3 is 2.55 bits per heavy atom. The zero-order chi connectivity index (χ0) is 16.1. The van der Waals surface area contributed by atoms with Crippen LogP contribution in [0.1, 0.15) is 9.67 Å². The summed E-state index contributed by atoms with van der Waals surface area (Å²) in [5.74, 6) is -0.540. The molecule has 2 rings (SSSR count). The second-order valence-electron chi connectivity index (χ2n) is 4.03. The fourth-order valence-electron chi connectivity index (χ4n) is 1.55. The molecule has 2 aromatic rings. The number of carbonyl (C=O) groups excluding carboxylic acids is 2. The third-order valence-corrected chi connectivity index (χ3v) is 5.96. The Bertz CT molecular complexity index is 688. The molecule has 1 N–H and O–H groups in total. The molecule has 0 radical (unpaired) electrons. The van der Waals surface area contributed by atoms with Gasteiger partial charge in [-0.15, -0.1) is 11.3 Å². The number of hydrogen-bond acceptors (Lipinski definition) is 5. The van der Waals surface area contributed by atoms with Gasteiger partial charge < -0.3 is 14.8 Å². The van der Waals surface area contributed by atoms with E-state index in [9.17, 15) is 9.59 Å². The minimum atomic E-state index is -0.524. The van der Waals surface area contributed by atoms with Crippen LogP contribution in [0.15, 0.2) is 38.6 Å². The smallest absolute Gasteiger partial charge is 0.343 e. The highest BCUT2D eigenvalue weighted by Crippen LogP contribution is 2.43. The molecule has 0 atom stereocenters. The highest BCUT2D eigenvalue weighted by molar-refractivity contribution is 9.13. The topological polar surface area (TPSA) is 64.6 Å². The first-order valence-corrected chi connectivity index (χ1v) is 8.47. The number of ether oxygens (including phenoxy) is 2. The monoisotopic (exact) mass is 447 g/mol. The van der Waals surface area contributed by atoms with Crippen LogP contribution in [0.5, 0.6) is 5.75 Å². The number of benzene rings is 1. The van der Waals surface area contributed by atoms with Crippen molar-refractivity contribution in [3.8, 4) is 5.75 Å². The Morgan fingerprint density at radius 1 is 1.23 bits per heavy atom. The van der Waals surface area contributed by atoms with Gasteiger partial charge in [0.2, 0.25) is 0 Å². The number of carbonyl (C=O) groups is 2. The largest absolute Gasteiger partial charge is 0.479 e. The first-order chi connectivity index (χ1) is 10.5. The number of halogens is 2. The lowest BCUT2D eigenvalue weighted by Crippen LogP contribution is -2.16. The first-order valence-electron chi connectivity index (χ1n) is 6.06. The summed E-state index contributed by atoms with van der Waals surface area (Å²) >= 11 is 7.88. The fraction of sp³-hybridized carbons (Fsp3) is 0.143. The highest BCUT2D eigenvalue weighted by Gasteiger charge is 2.23. The van der Waals surface area contributed by atoms with Crippen molar-refractivity contribution in [3.63, 3.8) is 0 Å². The maximum absolute atomic E-state index is 12.4. The molecule has 0 aliphatic carbocycles. The molecule has 0 unspecified atom stereocenters. The lowest BCUT2D eigenvalue weighted by molar-refractivity contribution is -0.142. The fourth-order valence-corrected chi connectivity index (χ4v) is 3.66. The summed E-state index contributed by atoms with van der Waals surface area (Å²) in [6.07, 6.45) is 0. The quantitative estimate of drug-likeness (QED) is 0.700. The number of methoxy groups -OCH3 is 1.